The predicted octanol–water partition coefficient (Wildman–Crippen LogP) is 3.76. The van der Waals surface area contributed by atoms with E-state index >= 15 is 0 Å². The topological polar surface area (TPSA) is 98.5 Å². The Morgan fingerprint density at radius 2 is 2.07 bits per heavy atom. The number of rotatable bonds is 7. The number of benzene rings is 1. The lowest BCUT2D eigenvalue weighted by Crippen LogP contribution is -2.16. The molecule has 0 bridgehead atoms. The van der Waals surface area contributed by atoms with E-state index in [2.05, 4.69) is 20.4 Å². The second kappa shape index (κ2) is 9.06. The average molecular weight is 440 g/mol. The second-order valence-electron chi connectivity index (χ2n) is 6.04. The number of hydrogen-bond acceptors (Lipinski definition) is 8. The Morgan fingerprint density at radius 3 is 2.83 bits per heavy atom. The highest BCUT2D eigenvalue weighted by Crippen LogP contribution is 2.36. The molecule has 0 aliphatic rings. The van der Waals surface area contributed by atoms with Crippen molar-refractivity contribution in [2.75, 3.05) is 17.7 Å². The molecule has 1 N–H and O–H groups in total. The van der Waals surface area contributed by atoms with Gasteiger partial charge in [0.05, 0.1) is 12.4 Å². The largest absolute Gasteiger partial charge is 0.462 e. The van der Waals surface area contributed by atoms with Crippen LogP contribution in [0.25, 0.3) is 16.9 Å². The molecule has 0 radical (unpaired) electrons. The number of carbonyl (C=O) groups excluding carboxylic acids is 2. The highest BCUT2D eigenvalue weighted by Gasteiger charge is 2.23. The molecule has 4 aromatic rings. The zero-order valence-corrected chi connectivity index (χ0v) is 17.6. The molecule has 8 nitrogen and oxygen atoms in total. The minimum atomic E-state index is -0.464. The van der Waals surface area contributed by atoms with Crippen LogP contribution in [0.4, 0.5) is 5.00 Å². The number of hydrogen-bond donors (Lipinski definition) is 1. The molecule has 0 saturated carbocycles. The number of nitrogens with zero attached hydrogens (tertiary/aromatic N) is 4. The van der Waals surface area contributed by atoms with Gasteiger partial charge in [0.15, 0.2) is 0 Å². The highest BCUT2D eigenvalue weighted by molar-refractivity contribution is 7.99. The Bertz CT molecular complexity index is 1160. The van der Waals surface area contributed by atoms with Crippen molar-refractivity contribution >= 4 is 45.8 Å². The Hall–Kier alpha value is -3.24. The molecule has 0 aliphatic heterocycles. The summed E-state index contributed by atoms with van der Waals surface area (Å²) >= 11 is 2.49. The number of fused-ring (bicyclic) bond motifs is 1. The lowest BCUT2D eigenvalue weighted by Gasteiger charge is -2.08. The molecular formula is C20H17N5O3S2. The van der Waals surface area contributed by atoms with Crippen LogP contribution in [0.3, 0.4) is 0 Å². The van der Waals surface area contributed by atoms with Crippen LogP contribution in [0.15, 0.2) is 59.3 Å². The fourth-order valence-corrected chi connectivity index (χ4v) is 4.35. The van der Waals surface area contributed by atoms with Gasteiger partial charge in [0.25, 0.3) is 5.78 Å². The number of ether oxygens (including phenoxy) is 1. The number of anilines is 1. The first-order valence-electron chi connectivity index (χ1n) is 9.09. The zero-order chi connectivity index (χ0) is 20.9. The van der Waals surface area contributed by atoms with E-state index in [1.807, 2.05) is 35.7 Å². The molecule has 3 heterocycles. The normalized spacial score (nSPS) is 10.8. The molecule has 0 saturated heterocycles. The standard InChI is InChI=1S/C20H17N5O3S2/c1-2-28-18(27)16-14(13-7-4-3-5-8-13)11-29-17(16)22-15(26)12-30-20-23-19-21-9-6-10-25(19)24-20/h3-11H,2,12H2,1H3,(H,22,26). The molecule has 1 aromatic carbocycles. The SMILES string of the molecule is CCOC(=O)c1c(-c2ccccc2)csc1NC(=O)CSc1nc2ncccn2n1. The summed E-state index contributed by atoms with van der Waals surface area (Å²) in [6.07, 6.45) is 3.37. The van der Waals surface area contributed by atoms with Crippen molar-refractivity contribution in [2.45, 2.75) is 12.1 Å². The second-order valence-corrected chi connectivity index (χ2v) is 7.86. The van der Waals surface area contributed by atoms with Crippen molar-refractivity contribution in [1.82, 2.24) is 19.6 Å². The van der Waals surface area contributed by atoms with Gasteiger partial charge in [-0.25, -0.2) is 14.3 Å². The molecule has 0 unspecified atom stereocenters. The van der Waals surface area contributed by atoms with Crippen LogP contribution in [0.1, 0.15) is 17.3 Å². The first-order chi connectivity index (χ1) is 14.7. The van der Waals surface area contributed by atoms with Crippen LogP contribution >= 0.6 is 23.1 Å². The van der Waals surface area contributed by atoms with E-state index in [-0.39, 0.29) is 18.3 Å². The Balaban J connectivity index is 1.50. The van der Waals surface area contributed by atoms with E-state index in [4.69, 9.17) is 4.74 Å². The van der Waals surface area contributed by atoms with E-state index < -0.39 is 5.97 Å². The molecule has 30 heavy (non-hydrogen) atoms. The van der Waals surface area contributed by atoms with Crippen LogP contribution in [0.5, 0.6) is 0 Å². The van der Waals surface area contributed by atoms with Crippen molar-refractivity contribution in [2.24, 2.45) is 0 Å². The van der Waals surface area contributed by atoms with E-state index in [9.17, 15) is 9.59 Å². The summed E-state index contributed by atoms with van der Waals surface area (Å²) in [7, 11) is 0. The number of esters is 1. The first-order valence-corrected chi connectivity index (χ1v) is 11.0. The molecule has 0 aliphatic carbocycles. The number of amides is 1. The lowest BCUT2D eigenvalue weighted by atomic mass is 10.0. The van der Waals surface area contributed by atoms with Gasteiger partial charge in [-0.1, -0.05) is 42.1 Å². The maximum Gasteiger partial charge on any atom is 0.341 e. The maximum atomic E-state index is 12.6. The highest BCUT2D eigenvalue weighted by atomic mass is 32.2. The fraction of sp³-hybridized carbons (Fsp3) is 0.150. The Labute approximate surface area is 180 Å². The maximum absolute atomic E-state index is 12.6. The average Bonchev–Trinajstić information content (AvgIpc) is 3.37. The third-order valence-corrected chi connectivity index (χ3v) is 5.77. The van der Waals surface area contributed by atoms with Crippen LogP contribution < -0.4 is 5.32 Å². The number of thiophene rings is 1. The molecule has 3 aromatic heterocycles. The molecule has 152 valence electrons. The van der Waals surface area contributed by atoms with Gasteiger partial charge in [-0.05, 0) is 18.6 Å². The number of nitrogens with one attached hydrogen (secondary N) is 1. The van der Waals surface area contributed by atoms with E-state index in [1.165, 1.54) is 23.1 Å². The van der Waals surface area contributed by atoms with Crippen molar-refractivity contribution in [3.8, 4) is 11.1 Å². The fourth-order valence-electron chi connectivity index (χ4n) is 2.75. The lowest BCUT2D eigenvalue weighted by molar-refractivity contribution is -0.113. The zero-order valence-electron chi connectivity index (χ0n) is 15.9. The van der Waals surface area contributed by atoms with Crippen molar-refractivity contribution in [3.05, 3.63) is 59.7 Å². The van der Waals surface area contributed by atoms with Gasteiger partial charge in [-0.3, -0.25) is 4.79 Å². The summed E-state index contributed by atoms with van der Waals surface area (Å²) in [5.41, 5.74) is 1.98. The molecule has 1 amide bonds. The Morgan fingerprint density at radius 1 is 1.23 bits per heavy atom. The number of carbonyl (C=O) groups is 2. The third-order valence-electron chi connectivity index (χ3n) is 4.04. The minimum Gasteiger partial charge on any atom is -0.462 e. The van der Waals surface area contributed by atoms with Crippen molar-refractivity contribution in [1.29, 1.82) is 0 Å². The number of thioether (sulfide) groups is 1. The summed E-state index contributed by atoms with van der Waals surface area (Å²) in [5, 5.41) is 9.84. The quantitative estimate of drug-likeness (QED) is 0.346. The van der Waals surface area contributed by atoms with E-state index in [0.29, 0.717) is 21.5 Å². The van der Waals surface area contributed by atoms with E-state index in [0.717, 1.165) is 11.1 Å². The van der Waals surface area contributed by atoms with Crippen LogP contribution in [-0.2, 0) is 9.53 Å². The van der Waals surface area contributed by atoms with Gasteiger partial charge in [0.1, 0.15) is 10.6 Å². The molecule has 4 rings (SSSR count). The van der Waals surface area contributed by atoms with Crippen LogP contribution in [0.2, 0.25) is 0 Å². The summed E-state index contributed by atoms with van der Waals surface area (Å²) in [4.78, 5) is 33.5. The van der Waals surface area contributed by atoms with Gasteiger partial charge in [-0.2, -0.15) is 4.98 Å². The first kappa shape index (κ1) is 20.0. The van der Waals surface area contributed by atoms with E-state index in [1.54, 1.807) is 29.9 Å². The minimum absolute atomic E-state index is 0.0950. The molecular weight excluding hydrogens is 422 g/mol. The smallest absolute Gasteiger partial charge is 0.341 e. The van der Waals surface area contributed by atoms with Crippen molar-refractivity contribution in [3.63, 3.8) is 0 Å². The summed E-state index contributed by atoms with van der Waals surface area (Å²) in [6, 6.07) is 11.3. The van der Waals surface area contributed by atoms with Crippen molar-refractivity contribution < 1.29 is 14.3 Å². The third kappa shape index (κ3) is 4.34. The van der Waals surface area contributed by atoms with Gasteiger partial charge >= 0.3 is 5.97 Å². The van der Waals surface area contributed by atoms with Gasteiger partial charge < -0.3 is 10.1 Å². The molecule has 0 spiro atoms. The number of aromatic nitrogens is 4. The molecule has 0 fully saturated rings. The molecule has 10 heteroatoms. The van der Waals surface area contributed by atoms with Crippen LogP contribution in [0, 0.1) is 0 Å². The Kier molecular flexibility index (Phi) is 6.05. The monoisotopic (exact) mass is 439 g/mol. The predicted molar refractivity (Wildman–Crippen MR) is 116 cm³/mol. The van der Waals surface area contributed by atoms with Gasteiger partial charge in [0, 0.05) is 23.3 Å². The summed E-state index contributed by atoms with van der Waals surface area (Å²) < 4.78 is 6.76. The summed E-state index contributed by atoms with van der Waals surface area (Å²) in [6.45, 7) is 2.00. The van der Waals surface area contributed by atoms with Gasteiger partial charge in [0.2, 0.25) is 11.1 Å². The van der Waals surface area contributed by atoms with Crippen LogP contribution in [-0.4, -0.2) is 43.8 Å². The summed E-state index contributed by atoms with van der Waals surface area (Å²) in [5.74, 6) is -0.166. The molecule has 0 atom stereocenters. The van der Waals surface area contributed by atoms with Gasteiger partial charge in [-0.15, -0.1) is 16.4 Å².